The number of para-hydroxylation sites is 1. The highest BCUT2D eigenvalue weighted by molar-refractivity contribution is 6.07. The molecule has 0 unspecified atom stereocenters. The van der Waals surface area contributed by atoms with Crippen molar-refractivity contribution in [2.24, 2.45) is 0 Å². The largest absolute Gasteiger partial charge is 0.497 e. The fourth-order valence-corrected chi connectivity index (χ4v) is 4.51. The number of methoxy groups -OCH3 is 1. The van der Waals surface area contributed by atoms with Gasteiger partial charge in [-0.15, -0.1) is 0 Å². The number of pyridine rings is 1. The van der Waals surface area contributed by atoms with Gasteiger partial charge in [-0.2, -0.15) is 5.10 Å². The molecule has 4 nitrogen and oxygen atoms in total. The van der Waals surface area contributed by atoms with Crippen LogP contribution in [0, 0.1) is 0 Å². The summed E-state index contributed by atoms with van der Waals surface area (Å²) in [6.45, 7) is 0. The highest BCUT2D eigenvalue weighted by atomic mass is 16.5. The van der Waals surface area contributed by atoms with Crippen LogP contribution in [-0.4, -0.2) is 21.9 Å². The summed E-state index contributed by atoms with van der Waals surface area (Å²) in [5.41, 5.74) is 5.18. The lowest BCUT2D eigenvalue weighted by atomic mass is 9.95. The summed E-state index contributed by atoms with van der Waals surface area (Å²) in [5, 5.41) is 7.40. The van der Waals surface area contributed by atoms with Crippen molar-refractivity contribution >= 4 is 21.8 Å². The number of fused-ring (bicyclic) bond motifs is 3. The molecule has 2 heterocycles. The van der Waals surface area contributed by atoms with Crippen LogP contribution in [0.25, 0.3) is 27.5 Å². The van der Waals surface area contributed by atoms with Crippen LogP contribution in [0.4, 0.5) is 0 Å². The standard InChI is InChI=1S/C27H21N3O/c1-31-21-16-14-20(15-17-21)30-27-22-12-6-7-13-23(22)28-25(18-8-2-3-9-18)24(27)26(29-30)19-10-4-5-11-19/h2-19H,1H3. The van der Waals surface area contributed by atoms with E-state index < -0.39 is 0 Å². The second-order valence-electron chi connectivity index (χ2n) is 7.82. The fourth-order valence-electron chi connectivity index (χ4n) is 4.51. The van der Waals surface area contributed by atoms with E-state index in [-0.39, 0.29) is 11.8 Å². The van der Waals surface area contributed by atoms with E-state index in [0.717, 1.165) is 44.6 Å². The Bertz CT molecular complexity index is 1400. The third-order valence-electron chi connectivity index (χ3n) is 6.01. The van der Waals surface area contributed by atoms with Crippen molar-refractivity contribution in [3.63, 3.8) is 0 Å². The summed E-state index contributed by atoms with van der Waals surface area (Å²) in [6.07, 6.45) is 17.2. The van der Waals surface area contributed by atoms with Crippen LogP contribution >= 0.6 is 0 Å². The first kappa shape index (κ1) is 17.9. The van der Waals surface area contributed by atoms with Crippen LogP contribution in [0.1, 0.15) is 23.2 Å². The molecule has 0 bridgehead atoms. The third kappa shape index (κ3) is 2.83. The van der Waals surface area contributed by atoms with Crippen molar-refractivity contribution in [1.29, 1.82) is 0 Å². The van der Waals surface area contributed by atoms with Gasteiger partial charge in [-0.05, 0) is 30.3 Å². The van der Waals surface area contributed by atoms with Crippen LogP contribution in [0.15, 0.2) is 97.1 Å². The molecule has 0 fully saturated rings. The van der Waals surface area contributed by atoms with Gasteiger partial charge in [0, 0.05) is 22.6 Å². The zero-order chi connectivity index (χ0) is 20.8. The number of allylic oxidation sites excluding steroid dienone is 8. The number of hydrogen-bond acceptors (Lipinski definition) is 3. The second kappa shape index (κ2) is 7.10. The smallest absolute Gasteiger partial charge is 0.119 e. The summed E-state index contributed by atoms with van der Waals surface area (Å²) in [5.74, 6) is 1.11. The highest BCUT2D eigenvalue weighted by Crippen LogP contribution is 2.39. The van der Waals surface area contributed by atoms with Gasteiger partial charge in [0.2, 0.25) is 0 Å². The first-order valence-electron chi connectivity index (χ1n) is 10.5. The summed E-state index contributed by atoms with van der Waals surface area (Å²) in [7, 11) is 1.68. The summed E-state index contributed by atoms with van der Waals surface area (Å²) < 4.78 is 7.43. The zero-order valence-electron chi connectivity index (χ0n) is 17.1. The van der Waals surface area contributed by atoms with Crippen molar-refractivity contribution in [2.45, 2.75) is 11.8 Å². The molecular formula is C27H21N3O. The van der Waals surface area contributed by atoms with Crippen LogP contribution in [-0.2, 0) is 0 Å². The van der Waals surface area contributed by atoms with Crippen molar-refractivity contribution in [3.05, 3.63) is 109 Å². The molecule has 0 saturated heterocycles. The molecular weight excluding hydrogens is 382 g/mol. The van der Waals surface area contributed by atoms with E-state index in [1.807, 2.05) is 18.2 Å². The molecule has 0 aliphatic heterocycles. The van der Waals surface area contributed by atoms with Gasteiger partial charge in [-0.3, -0.25) is 4.98 Å². The number of aromatic nitrogens is 3. The number of ether oxygens (including phenoxy) is 1. The van der Waals surface area contributed by atoms with Gasteiger partial charge in [-0.25, -0.2) is 4.68 Å². The van der Waals surface area contributed by atoms with Crippen molar-refractivity contribution < 1.29 is 4.74 Å². The molecule has 0 radical (unpaired) electrons. The number of hydrogen-bond donors (Lipinski definition) is 0. The molecule has 2 aromatic carbocycles. The topological polar surface area (TPSA) is 39.9 Å². The van der Waals surface area contributed by atoms with Crippen LogP contribution in [0.5, 0.6) is 5.75 Å². The maximum atomic E-state index is 5.36. The van der Waals surface area contributed by atoms with Crippen molar-refractivity contribution in [3.8, 4) is 11.4 Å². The first-order valence-corrected chi connectivity index (χ1v) is 10.5. The second-order valence-corrected chi connectivity index (χ2v) is 7.82. The predicted octanol–water partition coefficient (Wildman–Crippen LogP) is 6.00. The van der Waals surface area contributed by atoms with E-state index >= 15 is 0 Å². The summed E-state index contributed by atoms with van der Waals surface area (Å²) >= 11 is 0. The monoisotopic (exact) mass is 403 g/mol. The maximum absolute atomic E-state index is 5.36. The minimum absolute atomic E-state index is 0.137. The Kier molecular flexibility index (Phi) is 4.10. The predicted molar refractivity (Wildman–Crippen MR) is 125 cm³/mol. The SMILES string of the molecule is COc1ccc(-n2nc(C3C=CC=C3)c3c(C4C=CC=C4)nc4ccccc4c32)cc1. The molecule has 0 amide bonds. The van der Waals surface area contributed by atoms with Crippen molar-refractivity contribution in [2.75, 3.05) is 7.11 Å². The summed E-state index contributed by atoms with van der Waals surface area (Å²) in [4.78, 5) is 5.13. The average molecular weight is 403 g/mol. The molecule has 6 rings (SSSR count). The molecule has 4 heteroatoms. The lowest BCUT2D eigenvalue weighted by Gasteiger charge is -2.13. The first-order chi connectivity index (χ1) is 15.3. The van der Waals surface area contributed by atoms with E-state index in [0.29, 0.717) is 0 Å². The minimum atomic E-state index is 0.137. The Hall–Kier alpha value is -3.92. The molecule has 0 N–H and O–H groups in total. The van der Waals surface area contributed by atoms with Gasteiger partial charge < -0.3 is 4.74 Å². The van der Waals surface area contributed by atoms with E-state index in [4.69, 9.17) is 14.8 Å². The Labute approximate surface area is 180 Å². The van der Waals surface area contributed by atoms with E-state index in [2.05, 4.69) is 83.6 Å². The van der Waals surface area contributed by atoms with Gasteiger partial charge in [0.05, 0.1) is 35.2 Å². The van der Waals surface area contributed by atoms with Gasteiger partial charge in [0.15, 0.2) is 0 Å². The Morgan fingerprint density at radius 3 is 2.10 bits per heavy atom. The molecule has 0 spiro atoms. The Morgan fingerprint density at radius 2 is 1.42 bits per heavy atom. The van der Waals surface area contributed by atoms with Gasteiger partial charge >= 0.3 is 0 Å². The van der Waals surface area contributed by atoms with Crippen LogP contribution in [0.3, 0.4) is 0 Å². The zero-order valence-corrected chi connectivity index (χ0v) is 17.1. The van der Waals surface area contributed by atoms with Crippen LogP contribution < -0.4 is 4.74 Å². The molecule has 4 aromatic rings. The molecule has 0 saturated carbocycles. The molecule has 150 valence electrons. The quantitative estimate of drug-likeness (QED) is 0.419. The van der Waals surface area contributed by atoms with Crippen molar-refractivity contribution in [1.82, 2.24) is 14.8 Å². The van der Waals surface area contributed by atoms with E-state index in [1.165, 1.54) is 0 Å². The summed E-state index contributed by atoms with van der Waals surface area (Å²) in [6, 6.07) is 16.4. The average Bonchev–Trinajstić information content (AvgIpc) is 3.59. The van der Waals surface area contributed by atoms with Gasteiger partial charge in [0.1, 0.15) is 5.75 Å². The third-order valence-corrected chi connectivity index (χ3v) is 6.01. The Balaban J connectivity index is 1.73. The Morgan fingerprint density at radius 1 is 0.774 bits per heavy atom. The molecule has 2 aliphatic rings. The highest BCUT2D eigenvalue weighted by Gasteiger charge is 2.26. The normalized spacial score (nSPS) is 15.8. The molecule has 2 aromatic heterocycles. The van der Waals surface area contributed by atoms with Gasteiger partial charge in [-0.1, -0.05) is 66.8 Å². The lowest BCUT2D eigenvalue weighted by molar-refractivity contribution is 0.414. The fraction of sp³-hybridized carbons (Fsp3) is 0.111. The molecule has 2 aliphatic carbocycles. The van der Waals surface area contributed by atoms with Crippen LogP contribution in [0.2, 0.25) is 0 Å². The number of nitrogens with zero attached hydrogens (tertiary/aromatic N) is 3. The van der Waals surface area contributed by atoms with E-state index in [1.54, 1.807) is 7.11 Å². The maximum Gasteiger partial charge on any atom is 0.119 e. The molecule has 31 heavy (non-hydrogen) atoms. The van der Waals surface area contributed by atoms with Gasteiger partial charge in [0.25, 0.3) is 0 Å². The number of benzene rings is 2. The molecule has 0 atom stereocenters. The minimum Gasteiger partial charge on any atom is -0.497 e. The lowest BCUT2D eigenvalue weighted by Crippen LogP contribution is -2.00. The van der Waals surface area contributed by atoms with E-state index in [9.17, 15) is 0 Å². The number of rotatable bonds is 4.